The van der Waals surface area contributed by atoms with Gasteiger partial charge in [-0.2, -0.15) is 0 Å². The Morgan fingerprint density at radius 3 is 2.83 bits per heavy atom. The molecule has 23 heavy (non-hydrogen) atoms. The number of pyridine rings is 1. The van der Waals surface area contributed by atoms with E-state index in [1.165, 1.54) is 42.9 Å². The van der Waals surface area contributed by atoms with Gasteiger partial charge in [0.2, 0.25) is 0 Å². The fourth-order valence-corrected chi connectivity index (χ4v) is 3.65. The zero-order valence-corrected chi connectivity index (χ0v) is 14.1. The second-order valence-corrected chi connectivity index (χ2v) is 7.26. The standard InChI is InChI=1S/C19H26N4/c1-14-3-4-17(20-12-14)16-7-10-23-13-18(21-19(23)11-16)15-5-8-22(2)9-6-15/h4,7,10-11,13-15,20H,3,5-6,8-9,12H2,1-2H3/t14-/m0/s1. The van der Waals surface area contributed by atoms with Crippen LogP contribution < -0.4 is 5.32 Å². The van der Waals surface area contributed by atoms with Gasteiger partial charge >= 0.3 is 0 Å². The van der Waals surface area contributed by atoms with Crippen LogP contribution in [0.15, 0.2) is 30.6 Å². The fourth-order valence-electron chi connectivity index (χ4n) is 3.65. The van der Waals surface area contributed by atoms with E-state index in [2.05, 4.69) is 59.2 Å². The highest BCUT2D eigenvalue weighted by molar-refractivity contribution is 5.67. The molecule has 4 rings (SSSR count). The Morgan fingerprint density at radius 1 is 1.26 bits per heavy atom. The maximum Gasteiger partial charge on any atom is 0.137 e. The van der Waals surface area contributed by atoms with Gasteiger partial charge in [0.05, 0.1) is 5.69 Å². The van der Waals surface area contributed by atoms with Crippen molar-refractivity contribution in [1.82, 2.24) is 19.6 Å². The fraction of sp³-hybridized carbons (Fsp3) is 0.526. The second kappa shape index (κ2) is 6.00. The van der Waals surface area contributed by atoms with Gasteiger partial charge in [-0.1, -0.05) is 13.0 Å². The summed E-state index contributed by atoms with van der Waals surface area (Å²) in [5.41, 5.74) is 4.84. The van der Waals surface area contributed by atoms with Crippen molar-refractivity contribution in [2.75, 3.05) is 26.7 Å². The molecule has 2 aliphatic rings. The first-order chi connectivity index (χ1) is 11.2. The van der Waals surface area contributed by atoms with E-state index in [4.69, 9.17) is 4.98 Å². The number of nitrogens with one attached hydrogen (secondary N) is 1. The predicted octanol–water partition coefficient (Wildman–Crippen LogP) is 3.11. The van der Waals surface area contributed by atoms with Crippen LogP contribution >= 0.6 is 0 Å². The van der Waals surface area contributed by atoms with Gasteiger partial charge in [-0.15, -0.1) is 0 Å². The maximum absolute atomic E-state index is 4.92. The van der Waals surface area contributed by atoms with Gasteiger partial charge in [-0.25, -0.2) is 4.98 Å². The average Bonchev–Trinajstić information content (AvgIpc) is 2.99. The molecule has 0 saturated carbocycles. The number of piperidine rings is 1. The molecule has 1 N–H and O–H groups in total. The highest BCUT2D eigenvalue weighted by atomic mass is 15.1. The zero-order valence-electron chi connectivity index (χ0n) is 14.1. The largest absolute Gasteiger partial charge is 0.385 e. The molecule has 0 bridgehead atoms. The lowest BCUT2D eigenvalue weighted by Gasteiger charge is -2.27. The van der Waals surface area contributed by atoms with Crippen LogP contribution in [0.5, 0.6) is 0 Å². The molecule has 4 nitrogen and oxygen atoms in total. The van der Waals surface area contributed by atoms with Crippen LogP contribution in [0.2, 0.25) is 0 Å². The molecular formula is C19H26N4. The SMILES string of the molecule is C[C@H]1CC=C(c2ccn3cc(C4CCN(C)CC4)nc3c2)NC1. The quantitative estimate of drug-likeness (QED) is 0.925. The van der Waals surface area contributed by atoms with Crippen LogP contribution in [0.1, 0.15) is 43.4 Å². The van der Waals surface area contributed by atoms with Gasteiger partial charge in [0.1, 0.15) is 5.65 Å². The van der Waals surface area contributed by atoms with Crippen LogP contribution in [0.3, 0.4) is 0 Å². The van der Waals surface area contributed by atoms with Crippen LogP contribution in [0, 0.1) is 5.92 Å². The number of likely N-dealkylation sites (tertiary alicyclic amines) is 1. The van der Waals surface area contributed by atoms with Gasteiger partial charge in [0.25, 0.3) is 0 Å². The van der Waals surface area contributed by atoms with Gasteiger partial charge in [-0.05, 0) is 57.5 Å². The number of hydrogen-bond donors (Lipinski definition) is 1. The Kier molecular flexibility index (Phi) is 3.85. The molecule has 1 saturated heterocycles. The van der Waals surface area contributed by atoms with Gasteiger partial charge < -0.3 is 14.6 Å². The highest BCUT2D eigenvalue weighted by Gasteiger charge is 2.21. The minimum Gasteiger partial charge on any atom is -0.385 e. The van der Waals surface area contributed by atoms with Crippen molar-refractivity contribution in [1.29, 1.82) is 0 Å². The van der Waals surface area contributed by atoms with E-state index in [0.717, 1.165) is 24.5 Å². The van der Waals surface area contributed by atoms with E-state index in [1.807, 2.05) is 0 Å². The lowest BCUT2D eigenvalue weighted by Crippen LogP contribution is -2.29. The minimum atomic E-state index is 0.613. The molecule has 0 spiro atoms. The number of rotatable bonds is 2. The Morgan fingerprint density at radius 2 is 2.09 bits per heavy atom. The lowest BCUT2D eigenvalue weighted by molar-refractivity contribution is 0.253. The summed E-state index contributed by atoms with van der Waals surface area (Å²) in [5, 5.41) is 3.54. The van der Waals surface area contributed by atoms with Gasteiger partial charge in [0, 0.05) is 36.1 Å². The molecule has 4 heterocycles. The van der Waals surface area contributed by atoms with E-state index in [1.54, 1.807) is 0 Å². The molecule has 122 valence electrons. The summed E-state index contributed by atoms with van der Waals surface area (Å²) in [5.74, 6) is 1.34. The Balaban J connectivity index is 1.60. The molecule has 0 aromatic carbocycles. The van der Waals surface area contributed by atoms with E-state index < -0.39 is 0 Å². The second-order valence-electron chi connectivity index (χ2n) is 7.26. The molecule has 0 amide bonds. The van der Waals surface area contributed by atoms with Crippen LogP contribution in [0.4, 0.5) is 0 Å². The third kappa shape index (κ3) is 3.00. The topological polar surface area (TPSA) is 32.6 Å². The van der Waals surface area contributed by atoms with Crippen LogP contribution in [-0.2, 0) is 0 Å². The number of imidazole rings is 1. The van der Waals surface area contributed by atoms with Crippen molar-refractivity contribution in [2.24, 2.45) is 5.92 Å². The van der Waals surface area contributed by atoms with Crippen molar-refractivity contribution >= 4 is 11.3 Å². The van der Waals surface area contributed by atoms with Crippen molar-refractivity contribution in [3.05, 3.63) is 41.9 Å². The molecule has 4 heteroatoms. The summed E-state index contributed by atoms with van der Waals surface area (Å²) in [6, 6.07) is 4.41. The number of fused-ring (bicyclic) bond motifs is 1. The number of hydrogen-bond acceptors (Lipinski definition) is 3. The lowest BCUT2D eigenvalue weighted by atomic mass is 9.94. The monoisotopic (exact) mass is 310 g/mol. The van der Waals surface area contributed by atoms with Crippen molar-refractivity contribution < 1.29 is 0 Å². The number of nitrogens with zero attached hydrogens (tertiary/aromatic N) is 3. The first-order valence-electron chi connectivity index (χ1n) is 8.80. The minimum absolute atomic E-state index is 0.613. The first kappa shape index (κ1) is 14.8. The molecular weight excluding hydrogens is 284 g/mol. The highest BCUT2D eigenvalue weighted by Crippen LogP contribution is 2.28. The summed E-state index contributed by atoms with van der Waals surface area (Å²) < 4.78 is 2.17. The van der Waals surface area contributed by atoms with E-state index in [9.17, 15) is 0 Å². The first-order valence-corrected chi connectivity index (χ1v) is 8.80. The Hall–Kier alpha value is -1.81. The summed E-state index contributed by atoms with van der Waals surface area (Å²) in [6.45, 7) is 5.70. The molecule has 2 aromatic heterocycles. The van der Waals surface area contributed by atoms with Crippen LogP contribution in [0.25, 0.3) is 11.3 Å². The van der Waals surface area contributed by atoms with E-state index in [0.29, 0.717) is 5.92 Å². The summed E-state index contributed by atoms with van der Waals surface area (Å²) in [6.07, 6.45) is 10.3. The Labute approximate surface area is 138 Å². The summed E-state index contributed by atoms with van der Waals surface area (Å²) in [4.78, 5) is 7.33. The average molecular weight is 310 g/mol. The summed E-state index contributed by atoms with van der Waals surface area (Å²) >= 11 is 0. The molecule has 2 aliphatic heterocycles. The van der Waals surface area contributed by atoms with Crippen LogP contribution in [-0.4, -0.2) is 41.0 Å². The van der Waals surface area contributed by atoms with Gasteiger partial charge in [0.15, 0.2) is 0 Å². The molecule has 0 aliphatic carbocycles. The third-order valence-electron chi connectivity index (χ3n) is 5.29. The zero-order chi connectivity index (χ0) is 15.8. The third-order valence-corrected chi connectivity index (χ3v) is 5.29. The van der Waals surface area contributed by atoms with Crippen molar-refractivity contribution in [3.8, 4) is 0 Å². The smallest absolute Gasteiger partial charge is 0.137 e. The normalized spacial score (nSPS) is 23.7. The Bertz CT molecular complexity index is 722. The maximum atomic E-state index is 4.92. The van der Waals surface area contributed by atoms with Crippen molar-refractivity contribution in [2.45, 2.75) is 32.1 Å². The molecule has 0 radical (unpaired) electrons. The molecule has 0 unspecified atom stereocenters. The molecule has 1 atom stereocenters. The number of allylic oxidation sites excluding steroid dienone is 1. The molecule has 1 fully saturated rings. The van der Waals surface area contributed by atoms with E-state index >= 15 is 0 Å². The summed E-state index contributed by atoms with van der Waals surface area (Å²) in [7, 11) is 2.21. The number of aromatic nitrogens is 2. The van der Waals surface area contributed by atoms with E-state index in [-0.39, 0.29) is 0 Å². The molecule has 2 aromatic rings. The van der Waals surface area contributed by atoms with Crippen molar-refractivity contribution in [3.63, 3.8) is 0 Å². The predicted molar refractivity (Wildman–Crippen MR) is 94.4 cm³/mol. The van der Waals surface area contributed by atoms with Gasteiger partial charge in [-0.3, -0.25) is 0 Å².